The van der Waals surface area contributed by atoms with E-state index in [0.717, 1.165) is 19.3 Å². The smallest absolute Gasteiger partial charge is 0.0654 e. The molecule has 1 aliphatic carbocycles. The van der Waals surface area contributed by atoms with Crippen molar-refractivity contribution in [2.45, 2.75) is 51.6 Å². The van der Waals surface area contributed by atoms with Crippen LogP contribution in [0.1, 0.15) is 44.7 Å². The second kappa shape index (κ2) is 4.67. The van der Waals surface area contributed by atoms with E-state index in [4.69, 9.17) is 5.73 Å². The molecule has 1 aliphatic rings. The number of aliphatic hydroxyl groups excluding tert-OH is 1. The fourth-order valence-electron chi connectivity index (χ4n) is 3.19. The van der Waals surface area contributed by atoms with Gasteiger partial charge in [0.25, 0.3) is 0 Å². The van der Waals surface area contributed by atoms with Gasteiger partial charge in [-0.3, -0.25) is 0 Å². The van der Waals surface area contributed by atoms with Crippen LogP contribution in [0.25, 0.3) is 0 Å². The van der Waals surface area contributed by atoms with Gasteiger partial charge in [-0.2, -0.15) is 0 Å². The molecule has 0 spiro atoms. The molecule has 0 heterocycles. The summed E-state index contributed by atoms with van der Waals surface area (Å²) in [5.41, 5.74) is 8.56. The van der Waals surface area contributed by atoms with Crippen molar-refractivity contribution in [3.05, 3.63) is 35.4 Å². The minimum Gasteiger partial charge on any atom is -0.392 e. The van der Waals surface area contributed by atoms with E-state index in [-0.39, 0.29) is 16.9 Å². The topological polar surface area (TPSA) is 46.2 Å². The van der Waals surface area contributed by atoms with E-state index in [1.807, 2.05) is 0 Å². The molecular formula is C16H25NO. The Kier molecular flexibility index (Phi) is 3.52. The molecule has 0 aliphatic heterocycles. The van der Waals surface area contributed by atoms with Gasteiger partial charge in [-0.05, 0) is 35.8 Å². The molecule has 2 rings (SSSR count). The Morgan fingerprint density at radius 3 is 2.61 bits per heavy atom. The fourth-order valence-corrected chi connectivity index (χ4v) is 3.19. The first-order valence-corrected chi connectivity index (χ1v) is 6.85. The van der Waals surface area contributed by atoms with Crippen molar-refractivity contribution < 1.29 is 5.11 Å². The molecule has 18 heavy (non-hydrogen) atoms. The highest BCUT2D eigenvalue weighted by Gasteiger charge is 2.44. The van der Waals surface area contributed by atoms with Crippen molar-refractivity contribution in [1.82, 2.24) is 0 Å². The maximum Gasteiger partial charge on any atom is 0.0654 e. The minimum atomic E-state index is -0.355. The lowest BCUT2D eigenvalue weighted by Gasteiger charge is -2.37. The van der Waals surface area contributed by atoms with E-state index in [1.165, 1.54) is 11.1 Å². The van der Waals surface area contributed by atoms with Gasteiger partial charge in [0.05, 0.1) is 6.10 Å². The molecule has 1 aromatic rings. The lowest BCUT2D eigenvalue weighted by atomic mass is 9.71. The Bertz CT molecular complexity index is 421. The molecule has 100 valence electrons. The first-order valence-electron chi connectivity index (χ1n) is 6.85. The predicted octanol–water partition coefficient (Wildman–Crippen LogP) is 2.63. The number of benzene rings is 1. The molecule has 0 radical (unpaired) electrons. The fraction of sp³-hybridized carbons (Fsp3) is 0.625. The molecule has 3 N–H and O–H groups in total. The third-order valence-electron chi connectivity index (χ3n) is 4.20. The summed E-state index contributed by atoms with van der Waals surface area (Å²) in [7, 11) is 0. The molecule has 2 heteroatoms. The van der Waals surface area contributed by atoms with Gasteiger partial charge in [0.15, 0.2) is 0 Å². The predicted molar refractivity (Wildman–Crippen MR) is 75.6 cm³/mol. The Hall–Kier alpha value is -0.860. The van der Waals surface area contributed by atoms with Crippen molar-refractivity contribution in [1.29, 1.82) is 0 Å². The van der Waals surface area contributed by atoms with Crippen molar-refractivity contribution in [3.8, 4) is 0 Å². The van der Waals surface area contributed by atoms with E-state index in [9.17, 15) is 5.11 Å². The van der Waals surface area contributed by atoms with Gasteiger partial charge in [-0.1, -0.05) is 45.0 Å². The average molecular weight is 247 g/mol. The Labute approximate surface area is 110 Å². The van der Waals surface area contributed by atoms with Crippen LogP contribution in [0.5, 0.6) is 0 Å². The summed E-state index contributed by atoms with van der Waals surface area (Å²) in [6.07, 6.45) is 2.44. The summed E-state index contributed by atoms with van der Waals surface area (Å²) in [5, 5.41) is 10.7. The van der Waals surface area contributed by atoms with Crippen LogP contribution >= 0.6 is 0 Å². The lowest BCUT2D eigenvalue weighted by molar-refractivity contribution is 0.0469. The standard InChI is InChI=1S/C16H25NO/c1-15(2,3)10-14(18)16(11-17)9-8-12-6-4-5-7-13(12)16/h4-7,14,18H,8-11,17H2,1-3H3. The van der Waals surface area contributed by atoms with E-state index < -0.39 is 0 Å². The molecule has 0 bridgehead atoms. The Morgan fingerprint density at radius 2 is 2.00 bits per heavy atom. The zero-order chi connectivity index (χ0) is 13.4. The lowest BCUT2D eigenvalue weighted by Crippen LogP contribution is -2.45. The Morgan fingerprint density at radius 1 is 1.33 bits per heavy atom. The maximum atomic E-state index is 10.7. The molecule has 0 saturated carbocycles. The molecule has 0 saturated heterocycles. The van der Waals surface area contributed by atoms with Gasteiger partial charge in [-0.15, -0.1) is 0 Å². The van der Waals surface area contributed by atoms with Crippen LogP contribution in [0.4, 0.5) is 0 Å². The number of hydrogen-bond donors (Lipinski definition) is 2. The number of aliphatic hydroxyl groups is 1. The van der Waals surface area contributed by atoms with Crippen LogP contribution in [0.2, 0.25) is 0 Å². The highest BCUT2D eigenvalue weighted by atomic mass is 16.3. The summed E-state index contributed by atoms with van der Waals surface area (Å²) in [6, 6.07) is 8.43. The van der Waals surface area contributed by atoms with Crippen LogP contribution < -0.4 is 5.73 Å². The van der Waals surface area contributed by atoms with Crippen LogP contribution in [-0.2, 0) is 11.8 Å². The summed E-state index contributed by atoms with van der Waals surface area (Å²) in [4.78, 5) is 0. The number of aryl methyl sites for hydroxylation is 1. The van der Waals surface area contributed by atoms with Crippen LogP contribution in [0.3, 0.4) is 0 Å². The molecule has 0 amide bonds. The highest BCUT2D eigenvalue weighted by molar-refractivity contribution is 5.41. The second-order valence-electron chi connectivity index (χ2n) is 6.80. The summed E-state index contributed by atoms with van der Waals surface area (Å²) in [5.74, 6) is 0. The Balaban J connectivity index is 2.33. The van der Waals surface area contributed by atoms with Crippen molar-refractivity contribution in [3.63, 3.8) is 0 Å². The molecular weight excluding hydrogens is 222 g/mol. The molecule has 0 aromatic heterocycles. The summed E-state index contributed by atoms with van der Waals surface area (Å²) < 4.78 is 0. The van der Waals surface area contributed by atoms with E-state index in [2.05, 4.69) is 45.0 Å². The van der Waals surface area contributed by atoms with Crippen LogP contribution in [0.15, 0.2) is 24.3 Å². The summed E-state index contributed by atoms with van der Waals surface area (Å²) >= 11 is 0. The van der Waals surface area contributed by atoms with Crippen molar-refractivity contribution in [2.24, 2.45) is 11.1 Å². The average Bonchev–Trinajstić information content (AvgIpc) is 2.67. The third kappa shape index (κ3) is 2.32. The normalized spacial score (nSPS) is 24.9. The second-order valence-corrected chi connectivity index (χ2v) is 6.80. The zero-order valence-electron chi connectivity index (χ0n) is 11.7. The highest BCUT2D eigenvalue weighted by Crippen LogP contribution is 2.43. The van der Waals surface area contributed by atoms with Crippen molar-refractivity contribution >= 4 is 0 Å². The van der Waals surface area contributed by atoms with E-state index >= 15 is 0 Å². The largest absolute Gasteiger partial charge is 0.392 e. The van der Waals surface area contributed by atoms with Crippen LogP contribution in [0, 0.1) is 5.41 Å². The van der Waals surface area contributed by atoms with Crippen molar-refractivity contribution in [2.75, 3.05) is 6.54 Å². The quantitative estimate of drug-likeness (QED) is 0.862. The van der Waals surface area contributed by atoms with Gasteiger partial charge in [0.1, 0.15) is 0 Å². The third-order valence-corrected chi connectivity index (χ3v) is 4.20. The molecule has 0 fully saturated rings. The molecule has 2 unspecified atom stereocenters. The van der Waals surface area contributed by atoms with Gasteiger partial charge in [0.2, 0.25) is 0 Å². The SMILES string of the molecule is CC(C)(C)CC(O)C1(CN)CCc2ccccc21. The molecule has 1 aromatic carbocycles. The van der Waals surface area contributed by atoms with Gasteiger partial charge in [0, 0.05) is 12.0 Å². The number of rotatable bonds is 3. The first kappa shape index (κ1) is 13.6. The molecule has 2 atom stereocenters. The van der Waals surface area contributed by atoms with Crippen LogP contribution in [-0.4, -0.2) is 17.8 Å². The first-order chi connectivity index (χ1) is 8.39. The van der Waals surface area contributed by atoms with Gasteiger partial charge in [-0.25, -0.2) is 0 Å². The monoisotopic (exact) mass is 247 g/mol. The number of hydrogen-bond acceptors (Lipinski definition) is 2. The number of fused-ring (bicyclic) bond motifs is 1. The number of nitrogens with two attached hydrogens (primary N) is 1. The summed E-state index contributed by atoms with van der Waals surface area (Å²) in [6.45, 7) is 7.03. The minimum absolute atomic E-state index is 0.124. The van der Waals surface area contributed by atoms with E-state index in [0.29, 0.717) is 6.54 Å². The van der Waals surface area contributed by atoms with Gasteiger partial charge >= 0.3 is 0 Å². The molecule has 2 nitrogen and oxygen atoms in total. The maximum absolute atomic E-state index is 10.7. The van der Waals surface area contributed by atoms with E-state index in [1.54, 1.807) is 0 Å². The van der Waals surface area contributed by atoms with Gasteiger partial charge < -0.3 is 10.8 Å². The zero-order valence-corrected chi connectivity index (χ0v) is 11.7.